The highest BCUT2D eigenvalue weighted by Gasteiger charge is 2.16. The predicted octanol–water partition coefficient (Wildman–Crippen LogP) is 4.66. The third-order valence-electron chi connectivity index (χ3n) is 2.74. The van der Waals surface area contributed by atoms with Gasteiger partial charge in [0.1, 0.15) is 11.6 Å². The van der Waals surface area contributed by atoms with Crippen molar-refractivity contribution in [1.82, 2.24) is 0 Å². The second kappa shape index (κ2) is 5.99. The molecule has 0 saturated carbocycles. The molecule has 0 aliphatic rings. The Labute approximate surface area is 123 Å². The Bertz CT molecular complexity index is 587. The van der Waals surface area contributed by atoms with E-state index in [1.54, 1.807) is 12.1 Å². The summed E-state index contributed by atoms with van der Waals surface area (Å²) in [4.78, 5) is 0. The number of hydrogen-bond acceptors (Lipinski definition) is 1. The number of hydrogen-bond donors (Lipinski definition) is 1. The van der Waals surface area contributed by atoms with Crippen LogP contribution in [0.15, 0.2) is 40.9 Å². The van der Waals surface area contributed by atoms with Crippen LogP contribution in [0, 0.1) is 11.6 Å². The lowest BCUT2D eigenvalue weighted by atomic mass is 10.0. The lowest BCUT2D eigenvalue weighted by Gasteiger charge is -2.13. The van der Waals surface area contributed by atoms with Gasteiger partial charge in [-0.3, -0.25) is 0 Å². The second-order valence-corrected chi connectivity index (χ2v) is 5.46. The van der Waals surface area contributed by atoms with Crippen molar-refractivity contribution in [3.8, 4) is 0 Å². The summed E-state index contributed by atoms with van der Waals surface area (Å²) in [5, 5.41) is 9.68. The maximum absolute atomic E-state index is 13.6. The van der Waals surface area contributed by atoms with Gasteiger partial charge in [0.15, 0.2) is 0 Å². The van der Waals surface area contributed by atoms with Gasteiger partial charge in [-0.25, -0.2) is 8.78 Å². The molecule has 0 saturated heterocycles. The van der Waals surface area contributed by atoms with Gasteiger partial charge in [-0.15, -0.1) is 0 Å². The van der Waals surface area contributed by atoms with Gasteiger partial charge >= 0.3 is 0 Å². The molecule has 0 bridgehead atoms. The van der Waals surface area contributed by atoms with E-state index in [0.29, 0.717) is 0 Å². The van der Waals surface area contributed by atoms with Crippen LogP contribution in [0.2, 0.25) is 5.02 Å². The summed E-state index contributed by atoms with van der Waals surface area (Å²) in [5.41, 5.74) is 0.732. The molecule has 0 radical (unpaired) electrons. The fourth-order valence-corrected chi connectivity index (χ4v) is 2.16. The third-order valence-corrected chi connectivity index (χ3v) is 3.56. The molecule has 2 aromatic rings. The van der Waals surface area contributed by atoms with E-state index in [2.05, 4.69) is 15.9 Å². The van der Waals surface area contributed by atoms with Crippen LogP contribution < -0.4 is 0 Å². The van der Waals surface area contributed by atoms with Crippen molar-refractivity contribution >= 4 is 27.5 Å². The Morgan fingerprint density at radius 2 is 1.74 bits per heavy atom. The maximum atomic E-state index is 13.6. The van der Waals surface area contributed by atoms with Crippen LogP contribution >= 0.6 is 27.5 Å². The minimum Gasteiger partial charge on any atom is -0.388 e. The molecule has 2 rings (SSSR count). The first kappa shape index (κ1) is 14.4. The van der Waals surface area contributed by atoms with E-state index in [4.69, 9.17) is 11.6 Å². The number of benzene rings is 2. The van der Waals surface area contributed by atoms with E-state index in [1.165, 1.54) is 0 Å². The molecule has 0 heterocycles. The van der Waals surface area contributed by atoms with Gasteiger partial charge in [-0.2, -0.15) is 0 Å². The Morgan fingerprint density at radius 3 is 2.37 bits per heavy atom. The molecule has 1 nitrogen and oxygen atoms in total. The van der Waals surface area contributed by atoms with Gasteiger partial charge in [0, 0.05) is 16.5 Å². The summed E-state index contributed by atoms with van der Waals surface area (Å²) in [6.07, 6.45) is -0.918. The van der Waals surface area contributed by atoms with Crippen LogP contribution in [0.25, 0.3) is 0 Å². The highest BCUT2D eigenvalue weighted by molar-refractivity contribution is 9.10. The maximum Gasteiger partial charge on any atom is 0.142 e. The van der Waals surface area contributed by atoms with Crippen molar-refractivity contribution in [1.29, 1.82) is 0 Å². The van der Waals surface area contributed by atoms with E-state index in [-0.39, 0.29) is 17.0 Å². The molecule has 1 N–H and O–H groups in total. The smallest absolute Gasteiger partial charge is 0.142 e. The molecule has 0 fully saturated rings. The molecule has 0 spiro atoms. The van der Waals surface area contributed by atoms with E-state index < -0.39 is 17.7 Å². The normalized spacial score (nSPS) is 12.5. The van der Waals surface area contributed by atoms with Crippen molar-refractivity contribution in [2.45, 2.75) is 12.5 Å². The summed E-state index contributed by atoms with van der Waals surface area (Å²) in [7, 11) is 0. The zero-order valence-corrected chi connectivity index (χ0v) is 12.0. The Hall–Kier alpha value is -0.970. The molecule has 2 aromatic carbocycles. The Balaban J connectivity index is 2.22. The first-order valence-electron chi connectivity index (χ1n) is 5.54. The summed E-state index contributed by atoms with van der Waals surface area (Å²) < 4.78 is 27.8. The third kappa shape index (κ3) is 3.53. The van der Waals surface area contributed by atoms with Gasteiger partial charge in [-0.05, 0) is 29.8 Å². The standard InChI is InChI=1S/C14H10BrClF2O/c15-9-3-1-8(2-4-9)5-14(19)10-6-13(18)11(16)7-12(10)17/h1-4,6-7,14,19H,5H2. The van der Waals surface area contributed by atoms with Gasteiger partial charge < -0.3 is 5.11 Å². The van der Waals surface area contributed by atoms with Crippen molar-refractivity contribution in [2.24, 2.45) is 0 Å². The molecule has 5 heteroatoms. The van der Waals surface area contributed by atoms with Crippen molar-refractivity contribution in [3.63, 3.8) is 0 Å². The SMILES string of the molecule is OC(Cc1ccc(Br)cc1)c1cc(F)c(Cl)cc1F. The lowest BCUT2D eigenvalue weighted by Crippen LogP contribution is -2.05. The van der Waals surface area contributed by atoms with Crippen LogP contribution in [0.5, 0.6) is 0 Å². The average molecular weight is 348 g/mol. The van der Waals surface area contributed by atoms with Crippen LogP contribution in [0.1, 0.15) is 17.2 Å². The fraction of sp³-hybridized carbons (Fsp3) is 0.143. The minimum absolute atomic E-state index is 0.0928. The fourth-order valence-electron chi connectivity index (χ4n) is 1.75. The monoisotopic (exact) mass is 346 g/mol. The van der Waals surface area contributed by atoms with Crippen LogP contribution in [-0.4, -0.2) is 5.11 Å². The molecule has 1 unspecified atom stereocenters. The molecular weight excluding hydrogens is 338 g/mol. The van der Waals surface area contributed by atoms with E-state index in [1.807, 2.05) is 12.1 Å². The minimum atomic E-state index is -1.12. The van der Waals surface area contributed by atoms with Gasteiger partial charge in [0.05, 0.1) is 11.1 Å². The number of aliphatic hydroxyl groups excluding tert-OH is 1. The topological polar surface area (TPSA) is 20.2 Å². The molecule has 0 aliphatic heterocycles. The number of halogens is 4. The van der Waals surface area contributed by atoms with Gasteiger partial charge in [-0.1, -0.05) is 39.7 Å². The summed E-state index contributed by atoms with van der Waals surface area (Å²) in [6, 6.07) is 9.05. The first-order chi connectivity index (χ1) is 8.97. The zero-order chi connectivity index (χ0) is 14.0. The number of aliphatic hydroxyl groups is 1. The molecular formula is C14H10BrClF2O. The first-order valence-corrected chi connectivity index (χ1v) is 6.71. The summed E-state index contributed by atoms with van der Waals surface area (Å²) >= 11 is 8.77. The zero-order valence-electron chi connectivity index (χ0n) is 9.71. The largest absolute Gasteiger partial charge is 0.388 e. The molecule has 0 aromatic heterocycles. The van der Waals surface area contributed by atoms with Gasteiger partial charge in [0.25, 0.3) is 0 Å². The lowest BCUT2D eigenvalue weighted by molar-refractivity contribution is 0.173. The van der Waals surface area contributed by atoms with E-state index >= 15 is 0 Å². The van der Waals surface area contributed by atoms with Crippen molar-refractivity contribution in [2.75, 3.05) is 0 Å². The Kier molecular flexibility index (Phi) is 4.55. The highest BCUT2D eigenvalue weighted by atomic mass is 79.9. The van der Waals surface area contributed by atoms with Crippen LogP contribution in [0.4, 0.5) is 8.78 Å². The molecule has 0 amide bonds. The summed E-state index contributed by atoms with van der Waals surface area (Å²) in [6.45, 7) is 0. The quantitative estimate of drug-likeness (QED) is 0.801. The van der Waals surface area contributed by atoms with Crippen LogP contribution in [-0.2, 0) is 6.42 Å². The van der Waals surface area contributed by atoms with Crippen LogP contribution in [0.3, 0.4) is 0 Å². The molecule has 0 aliphatic carbocycles. The Morgan fingerprint density at radius 1 is 1.11 bits per heavy atom. The van der Waals surface area contributed by atoms with Gasteiger partial charge in [0.2, 0.25) is 0 Å². The van der Waals surface area contributed by atoms with Crippen molar-refractivity contribution in [3.05, 3.63) is 68.7 Å². The molecule has 100 valence electrons. The highest BCUT2D eigenvalue weighted by Crippen LogP contribution is 2.26. The van der Waals surface area contributed by atoms with Crippen molar-refractivity contribution < 1.29 is 13.9 Å². The van der Waals surface area contributed by atoms with E-state index in [0.717, 1.165) is 22.2 Å². The second-order valence-electron chi connectivity index (χ2n) is 4.13. The summed E-state index contributed by atoms with van der Waals surface area (Å²) in [5.74, 6) is -1.45. The molecule has 19 heavy (non-hydrogen) atoms. The van der Waals surface area contributed by atoms with E-state index in [9.17, 15) is 13.9 Å². The molecule has 1 atom stereocenters. The predicted molar refractivity (Wildman–Crippen MR) is 74.2 cm³/mol. The average Bonchev–Trinajstić information content (AvgIpc) is 2.36. The number of rotatable bonds is 3.